The number of fused-ring (bicyclic) bond motifs is 1. The van der Waals surface area contributed by atoms with E-state index in [9.17, 15) is 4.79 Å². The summed E-state index contributed by atoms with van der Waals surface area (Å²) in [5.74, 6) is 0.410. The van der Waals surface area contributed by atoms with Crippen molar-refractivity contribution < 1.29 is 4.79 Å². The monoisotopic (exact) mass is 379 g/mol. The number of halogens is 1. The van der Waals surface area contributed by atoms with Crippen molar-refractivity contribution in [3.8, 4) is 0 Å². The first-order valence-electron chi connectivity index (χ1n) is 9.07. The van der Waals surface area contributed by atoms with Crippen LogP contribution in [0.2, 0.25) is 5.02 Å². The molecular formula is C19H26ClN3OS. The molecule has 2 aromatic rings. The van der Waals surface area contributed by atoms with E-state index in [1.165, 1.54) is 6.42 Å². The summed E-state index contributed by atoms with van der Waals surface area (Å²) < 4.78 is 1.08. The number of thiazole rings is 1. The van der Waals surface area contributed by atoms with E-state index >= 15 is 0 Å². The van der Waals surface area contributed by atoms with Crippen molar-refractivity contribution in [1.29, 1.82) is 0 Å². The van der Waals surface area contributed by atoms with Crippen LogP contribution in [0.5, 0.6) is 0 Å². The fraction of sp³-hybridized carbons (Fsp3) is 0.579. The molecule has 1 amide bonds. The second kappa shape index (κ2) is 8.47. The molecule has 1 fully saturated rings. The predicted molar refractivity (Wildman–Crippen MR) is 107 cm³/mol. The molecule has 0 bridgehead atoms. The topological polar surface area (TPSA) is 36.4 Å². The number of benzene rings is 1. The maximum Gasteiger partial charge on any atom is 0.231 e. The first-order chi connectivity index (χ1) is 12.0. The lowest BCUT2D eigenvalue weighted by molar-refractivity contribution is -0.123. The number of aromatic nitrogens is 1. The van der Waals surface area contributed by atoms with Crippen LogP contribution in [0.4, 0.5) is 5.13 Å². The SMILES string of the molecule is CN(C)CCCN(C(=O)C1CCCCC1)c1nc2cc(Cl)ccc2s1. The van der Waals surface area contributed by atoms with Gasteiger partial charge in [0, 0.05) is 17.5 Å². The summed E-state index contributed by atoms with van der Waals surface area (Å²) in [5, 5.41) is 1.49. The quantitative estimate of drug-likeness (QED) is 0.722. The lowest BCUT2D eigenvalue weighted by Crippen LogP contribution is -2.38. The van der Waals surface area contributed by atoms with Gasteiger partial charge in [0.25, 0.3) is 0 Å². The van der Waals surface area contributed by atoms with Gasteiger partial charge in [0.05, 0.1) is 10.2 Å². The van der Waals surface area contributed by atoms with E-state index in [1.54, 1.807) is 11.3 Å². The van der Waals surface area contributed by atoms with Crippen LogP contribution in [-0.2, 0) is 4.79 Å². The normalized spacial score (nSPS) is 15.8. The molecule has 1 aromatic carbocycles. The second-order valence-corrected chi connectivity index (χ2v) is 8.54. The number of hydrogen-bond donors (Lipinski definition) is 0. The Morgan fingerprint density at radius 2 is 2.00 bits per heavy atom. The standard InChI is InChI=1S/C19H26ClN3OS/c1-22(2)11-6-12-23(18(24)14-7-4-3-5-8-14)19-21-16-13-15(20)9-10-17(16)25-19/h9-10,13-14H,3-8,11-12H2,1-2H3. The molecule has 1 aliphatic rings. The van der Waals surface area contributed by atoms with Crippen LogP contribution >= 0.6 is 22.9 Å². The number of rotatable bonds is 6. The highest BCUT2D eigenvalue weighted by Crippen LogP contribution is 2.33. The Morgan fingerprint density at radius 1 is 1.24 bits per heavy atom. The van der Waals surface area contributed by atoms with Gasteiger partial charge in [-0.15, -0.1) is 0 Å². The lowest BCUT2D eigenvalue weighted by atomic mass is 9.88. The molecule has 1 heterocycles. The van der Waals surface area contributed by atoms with Crippen LogP contribution in [0, 0.1) is 5.92 Å². The van der Waals surface area contributed by atoms with Gasteiger partial charge in [0.15, 0.2) is 5.13 Å². The average molecular weight is 380 g/mol. The van der Waals surface area contributed by atoms with Gasteiger partial charge in [-0.1, -0.05) is 42.2 Å². The highest BCUT2D eigenvalue weighted by Gasteiger charge is 2.28. The number of carbonyl (C=O) groups excluding carboxylic acids is 1. The van der Waals surface area contributed by atoms with E-state index in [-0.39, 0.29) is 11.8 Å². The van der Waals surface area contributed by atoms with Crippen LogP contribution in [0.1, 0.15) is 38.5 Å². The third-order valence-corrected chi connectivity index (χ3v) is 6.07. The van der Waals surface area contributed by atoms with Gasteiger partial charge in [-0.05, 0) is 58.1 Å². The van der Waals surface area contributed by atoms with Gasteiger partial charge in [0.1, 0.15) is 0 Å². The largest absolute Gasteiger partial charge is 0.309 e. The van der Waals surface area contributed by atoms with Crippen molar-refractivity contribution >= 4 is 44.2 Å². The number of carbonyl (C=O) groups is 1. The molecule has 3 rings (SSSR count). The highest BCUT2D eigenvalue weighted by atomic mass is 35.5. The summed E-state index contributed by atoms with van der Waals surface area (Å²) in [6.45, 7) is 1.69. The van der Waals surface area contributed by atoms with E-state index < -0.39 is 0 Å². The zero-order valence-electron chi connectivity index (χ0n) is 15.0. The minimum atomic E-state index is 0.156. The molecule has 25 heavy (non-hydrogen) atoms. The molecule has 1 aromatic heterocycles. The Labute approximate surface area is 158 Å². The minimum absolute atomic E-state index is 0.156. The molecule has 6 heteroatoms. The Morgan fingerprint density at radius 3 is 2.72 bits per heavy atom. The summed E-state index contributed by atoms with van der Waals surface area (Å²) in [5.41, 5.74) is 0.876. The van der Waals surface area contributed by atoms with Crippen LogP contribution in [0.25, 0.3) is 10.2 Å². The van der Waals surface area contributed by atoms with Crippen molar-refractivity contribution in [3.63, 3.8) is 0 Å². The first-order valence-corrected chi connectivity index (χ1v) is 10.3. The molecule has 0 radical (unpaired) electrons. The summed E-state index contributed by atoms with van der Waals surface area (Å²) in [6.07, 6.45) is 6.56. The van der Waals surface area contributed by atoms with Crippen LogP contribution in [0.3, 0.4) is 0 Å². The number of anilines is 1. The van der Waals surface area contributed by atoms with E-state index in [0.717, 1.165) is 60.5 Å². The molecule has 0 saturated heterocycles. The van der Waals surface area contributed by atoms with E-state index in [2.05, 4.69) is 19.0 Å². The molecule has 0 spiro atoms. The molecular weight excluding hydrogens is 354 g/mol. The molecule has 0 N–H and O–H groups in total. The Balaban J connectivity index is 1.83. The van der Waals surface area contributed by atoms with Crippen LogP contribution < -0.4 is 4.90 Å². The summed E-state index contributed by atoms with van der Waals surface area (Å²) in [4.78, 5) is 22.0. The van der Waals surface area contributed by atoms with Crippen LogP contribution in [-0.4, -0.2) is 43.0 Å². The fourth-order valence-corrected chi connectivity index (χ4v) is 4.56. The maximum atomic E-state index is 13.2. The van der Waals surface area contributed by atoms with E-state index in [0.29, 0.717) is 5.02 Å². The smallest absolute Gasteiger partial charge is 0.231 e. The minimum Gasteiger partial charge on any atom is -0.309 e. The third-order valence-electron chi connectivity index (χ3n) is 4.78. The zero-order chi connectivity index (χ0) is 17.8. The number of amides is 1. The molecule has 0 atom stereocenters. The summed E-state index contributed by atoms with van der Waals surface area (Å²) in [7, 11) is 4.12. The summed E-state index contributed by atoms with van der Waals surface area (Å²) in [6, 6.07) is 5.74. The predicted octanol–water partition coefficient (Wildman–Crippen LogP) is 4.81. The van der Waals surface area contributed by atoms with Gasteiger partial charge >= 0.3 is 0 Å². The van der Waals surface area contributed by atoms with Crippen molar-refractivity contribution in [3.05, 3.63) is 23.2 Å². The van der Waals surface area contributed by atoms with Gasteiger partial charge in [-0.25, -0.2) is 4.98 Å². The highest BCUT2D eigenvalue weighted by molar-refractivity contribution is 7.22. The van der Waals surface area contributed by atoms with Gasteiger partial charge in [-0.3, -0.25) is 9.69 Å². The van der Waals surface area contributed by atoms with Crippen molar-refractivity contribution in [2.75, 3.05) is 32.1 Å². The third kappa shape index (κ3) is 4.72. The molecule has 136 valence electrons. The molecule has 0 aliphatic heterocycles. The summed E-state index contributed by atoms with van der Waals surface area (Å²) >= 11 is 7.68. The second-order valence-electron chi connectivity index (χ2n) is 7.09. The van der Waals surface area contributed by atoms with E-state index in [1.807, 2.05) is 23.1 Å². The first kappa shape index (κ1) is 18.6. The Bertz CT molecular complexity index is 725. The average Bonchev–Trinajstić information content (AvgIpc) is 3.01. The molecule has 1 aliphatic carbocycles. The molecule has 1 saturated carbocycles. The maximum absolute atomic E-state index is 13.2. The molecule has 0 unspecified atom stereocenters. The fourth-order valence-electron chi connectivity index (χ4n) is 3.42. The van der Waals surface area contributed by atoms with Gasteiger partial charge < -0.3 is 4.90 Å². The zero-order valence-corrected chi connectivity index (χ0v) is 16.6. The Hall–Kier alpha value is -1.17. The van der Waals surface area contributed by atoms with Gasteiger partial charge in [0.2, 0.25) is 5.91 Å². The molecule has 4 nitrogen and oxygen atoms in total. The van der Waals surface area contributed by atoms with Crippen molar-refractivity contribution in [1.82, 2.24) is 9.88 Å². The van der Waals surface area contributed by atoms with Crippen molar-refractivity contribution in [2.24, 2.45) is 5.92 Å². The lowest BCUT2D eigenvalue weighted by Gasteiger charge is -2.28. The van der Waals surface area contributed by atoms with Gasteiger partial charge in [-0.2, -0.15) is 0 Å². The van der Waals surface area contributed by atoms with Crippen LogP contribution in [0.15, 0.2) is 18.2 Å². The van der Waals surface area contributed by atoms with E-state index in [4.69, 9.17) is 16.6 Å². The Kier molecular flexibility index (Phi) is 6.31. The number of nitrogens with zero attached hydrogens (tertiary/aromatic N) is 3. The van der Waals surface area contributed by atoms with Crippen molar-refractivity contribution in [2.45, 2.75) is 38.5 Å². The number of hydrogen-bond acceptors (Lipinski definition) is 4.